The summed E-state index contributed by atoms with van der Waals surface area (Å²) in [6.07, 6.45) is 1.78. The van der Waals surface area contributed by atoms with Gasteiger partial charge < -0.3 is 15.2 Å². The fraction of sp³-hybridized carbons (Fsp3) is 0.389. The smallest absolute Gasteiger partial charge is 0.272 e. The molecule has 0 aliphatic heterocycles. The zero-order chi connectivity index (χ0) is 19.3. The maximum Gasteiger partial charge on any atom is 0.272 e. The quantitative estimate of drug-likeness (QED) is 0.740. The van der Waals surface area contributed by atoms with Crippen LogP contribution >= 0.6 is 0 Å². The Morgan fingerprint density at radius 1 is 1.12 bits per heavy atom. The fourth-order valence-electron chi connectivity index (χ4n) is 2.73. The zero-order valence-corrected chi connectivity index (χ0v) is 16.4. The molecule has 1 aromatic heterocycles. The van der Waals surface area contributed by atoms with Crippen LogP contribution in [0.3, 0.4) is 0 Å². The van der Waals surface area contributed by atoms with Gasteiger partial charge in [-0.15, -0.1) is 0 Å². The van der Waals surface area contributed by atoms with E-state index < -0.39 is 10.0 Å². The standard InChI is InChI=1S/C18H26N4O3S/c1-5-19-15-11-10-14(26(24,25)22(6-2)7-3)13-16(15)20-18(23)17-9-8-12-21(17)4/h8-13,19H,5-7H2,1-4H3,(H,20,23). The van der Waals surface area contributed by atoms with Gasteiger partial charge in [0.1, 0.15) is 5.69 Å². The fourth-order valence-corrected chi connectivity index (χ4v) is 4.21. The van der Waals surface area contributed by atoms with E-state index in [4.69, 9.17) is 0 Å². The first-order valence-electron chi connectivity index (χ1n) is 8.65. The van der Waals surface area contributed by atoms with Crippen molar-refractivity contribution in [1.29, 1.82) is 0 Å². The molecule has 26 heavy (non-hydrogen) atoms. The van der Waals surface area contributed by atoms with Crippen LogP contribution in [0.5, 0.6) is 0 Å². The van der Waals surface area contributed by atoms with Crippen molar-refractivity contribution in [1.82, 2.24) is 8.87 Å². The van der Waals surface area contributed by atoms with Crippen LogP contribution in [0.25, 0.3) is 0 Å². The summed E-state index contributed by atoms with van der Waals surface area (Å²) in [4.78, 5) is 12.7. The number of benzene rings is 1. The number of sulfonamides is 1. The molecular weight excluding hydrogens is 352 g/mol. The maximum absolute atomic E-state index is 12.8. The number of carbonyl (C=O) groups excluding carboxylic acids is 1. The van der Waals surface area contributed by atoms with Gasteiger partial charge in [0.2, 0.25) is 10.0 Å². The van der Waals surface area contributed by atoms with Crippen molar-refractivity contribution in [2.24, 2.45) is 7.05 Å². The predicted molar refractivity (Wildman–Crippen MR) is 104 cm³/mol. The molecule has 2 rings (SSSR count). The molecule has 1 aromatic carbocycles. The third-order valence-electron chi connectivity index (χ3n) is 4.13. The second-order valence-electron chi connectivity index (χ2n) is 5.79. The first kappa shape index (κ1) is 20.0. The molecular formula is C18H26N4O3S. The number of rotatable bonds is 8. The van der Waals surface area contributed by atoms with Crippen molar-refractivity contribution in [2.45, 2.75) is 25.7 Å². The minimum Gasteiger partial charge on any atom is -0.384 e. The number of aromatic nitrogens is 1. The summed E-state index contributed by atoms with van der Waals surface area (Å²) in [5.74, 6) is -0.297. The van der Waals surface area contributed by atoms with Crippen LogP contribution in [0, 0.1) is 0 Å². The van der Waals surface area contributed by atoms with Gasteiger partial charge in [-0.25, -0.2) is 8.42 Å². The van der Waals surface area contributed by atoms with Crippen LogP contribution in [0.1, 0.15) is 31.3 Å². The Morgan fingerprint density at radius 2 is 1.81 bits per heavy atom. The highest BCUT2D eigenvalue weighted by atomic mass is 32.2. The van der Waals surface area contributed by atoms with Crippen LogP contribution in [-0.2, 0) is 17.1 Å². The van der Waals surface area contributed by atoms with E-state index in [9.17, 15) is 13.2 Å². The average molecular weight is 378 g/mol. The van der Waals surface area contributed by atoms with E-state index in [2.05, 4.69) is 10.6 Å². The molecule has 0 spiro atoms. The normalized spacial score (nSPS) is 11.6. The number of hydrogen-bond acceptors (Lipinski definition) is 4. The van der Waals surface area contributed by atoms with Gasteiger partial charge in [-0.1, -0.05) is 13.8 Å². The summed E-state index contributed by atoms with van der Waals surface area (Å²) < 4.78 is 28.6. The molecule has 0 saturated heterocycles. The summed E-state index contributed by atoms with van der Waals surface area (Å²) in [5.41, 5.74) is 1.60. The molecule has 2 N–H and O–H groups in total. The van der Waals surface area contributed by atoms with Crippen LogP contribution < -0.4 is 10.6 Å². The van der Waals surface area contributed by atoms with Crippen molar-refractivity contribution < 1.29 is 13.2 Å². The average Bonchev–Trinajstić information content (AvgIpc) is 3.03. The number of carbonyl (C=O) groups is 1. The number of nitrogens with one attached hydrogen (secondary N) is 2. The lowest BCUT2D eigenvalue weighted by Gasteiger charge is -2.20. The summed E-state index contributed by atoms with van der Waals surface area (Å²) in [7, 11) is -1.82. The SMILES string of the molecule is CCNc1ccc(S(=O)(=O)N(CC)CC)cc1NC(=O)c1cccn1C. The Balaban J connectivity index is 2.43. The highest BCUT2D eigenvalue weighted by Gasteiger charge is 2.23. The molecule has 2 aromatic rings. The summed E-state index contributed by atoms with van der Waals surface area (Å²) in [6.45, 7) is 6.95. The molecule has 1 amide bonds. The van der Waals surface area contributed by atoms with E-state index in [1.807, 2.05) is 6.92 Å². The summed E-state index contributed by atoms with van der Waals surface area (Å²) >= 11 is 0. The van der Waals surface area contributed by atoms with Gasteiger partial charge in [-0.3, -0.25) is 4.79 Å². The predicted octanol–water partition coefficient (Wildman–Crippen LogP) is 2.74. The summed E-state index contributed by atoms with van der Waals surface area (Å²) in [5, 5.41) is 5.97. The van der Waals surface area contributed by atoms with Crippen LogP contribution in [0.15, 0.2) is 41.4 Å². The third-order valence-corrected chi connectivity index (χ3v) is 6.17. The molecule has 0 bridgehead atoms. The van der Waals surface area contributed by atoms with Crippen molar-refractivity contribution >= 4 is 27.3 Å². The van der Waals surface area contributed by atoms with E-state index in [1.54, 1.807) is 55.9 Å². The lowest BCUT2D eigenvalue weighted by atomic mass is 10.2. The lowest BCUT2D eigenvalue weighted by molar-refractivity contribution is 0.101. The Bertz CT molecular complexity index is 870. The summed E-state index contributed by atoms with van der Waals surface area (Å²) in [6, 6.07) is 8.23. The second-order valence-corrected chi connectivity index (χ2v) is 7.72. The highest BCUT2D eigenvalue weighted by molar-refractivity contribution is 7.89. The van der Waals surface area contributed by atoms with Crippen molar-refractivity contribution in [3.05, 3.63) is 42.2 Å². The molecule has 142 valence electrons. The topological polar surface area (TPSA) is 83.4 Å². The Morgan fingerprint density at radius 3 is 2.35 bits per heavy atom. The van der Waals surface area contributed by atoms with Gasteiger partial charge >= 0.3 is 0 Å². The molecule has 0 aliphatic carbocycles. The van der Waals surface area contributed by atoms with Gasteiger partial charge in [-0.2, -0.15) is 4.31 Å². The first-order valence-corrected chi connectivity index (χ1v) is 10.1. The number of hydrogen-bond donors (Lipinski definition) is 2. The largest absolute Gasteiger partial charge is 0.384 e. The van der Waals surface area contributed by atoms with Crippen molar-refractivity contribution in [2.75, 3.05) is 30.3 Å². The van der Waals surface area contributed by atoms with Crippen LogP contribution in [0.2, 0.25) is 0 Å². The van der Waals surface area contributed by atoms with Gasteiger partial charge in [0.15, 0.2) is 0 Å². The van der Waals surface area contributed by atoms with Gasteiger partial charge in [-0.05, 0) is 37.3 Å². The molecule has 0 saturated carbocycles. The maximum atomic E-state index is 12.8. The van der Waals surface area contributed by atoms with Crippen LogP contribution in [0.4, 0.5) is 11.4 Å². The van der Waals surface area contributed by atoms with Gasteiger partial charge in [0, 0.05) is 32.9 Å². The number of nitrogens with zero attached hydrogens (tertiary/aromatic N) is 2. The first-order chi connectivity index (χ1) is 12.3. The molecule has 7 nitrogen and oxygen atoms in total. The molecule has 8 heteroatoms. The van der Waals surface area contributed by atoms with Gasteiger partial charge in [0.25, 0.3) is 5.91 Å². The minimum atomic E-state index is -3.60. The van der Waals surface area contributed by atoms with Crippen LogP contribution in [-0.4, -0.2) is 42.8 Å². The zero-order valence-electron chi connectivity index (χ0n) is 15.6. The molecule has 0 fully saturated rings. The van der Waals surface area contributed by atoms with E-state index >= 15 is 0 Å². The monoisotopic (exact) mass is 378 g/mol. The van der Waals surface area contributed by atoms with E-state index in [0.29, 0.717) is 36.7 Å². The molecule has 1 heterocycles. The number of amides is 1. The Labute approximate surface area is 155 Å². The molecule has 0 aliphatic rings. The van der Waals surface area contributed by atoms with E-state index in [0.717, 1.165) is 0 Å². The molecule has 0 radical (unpaired) electrons. The van der Waals surface area contributed by atoms with E-state index in [1.165, 1.54) is 10.4 Å². The lowest BCUT2D eigenvalue weighted by Crippen LogP contribution is -2.30. The Hall–Kier alpha value is -2.32. The molecule has 0 atom stereocenters. The van der Waals surface area contributed by atoms with E-state index in [-0.39, 0.29) is 10.8 Å². The minimum absolute atomic E-state index is 0.157. The Kier molecular flexibility index (Phi) is 6.44. The molecule has 0 unspecified atom stereocenters. The van der Waals surface area contributed by atoms with Crippen molar-refractivity contribution in [3.8, 4) is 0 Å². The van der Waals surface area contributed by atoms with Gasteiger partial charge in [0.05, 0.1) is 16.3 Å². The number of aryl methyl sites for hydroxylation is 1. The third kappa shape index (κ3) is 4.08. The highest BCUT2D eigenvalue weighted by Crippen LogP contribution is 2.27. The van der Waals surface area contributed by atoms with Crippen molar-refractivity contribution in [3.63, 3.8) is 0 Å². The number of anilines is 2. The second kappa shape index (κ2) is 8.37.